The van der Waals surface area contributed by atoms with E-state index in [4.69, 9.17) is 16.3 Å². The number of hydrogen-bond acceptors (Lipinski definition) is 6. The lowest BCUT2D eigenvalue weighted by atomic mass is 9.98. The number of fused-ring (bicyclic) bond motifs is 1. The first-order chi connectivity index (χ1) is 12.0. The number of halogens is 1. The summed E-state index contributed by atoms with van der Waals surface area (Å²) in [4.78, 5) is 19.6. The summed E-state index contributed by atoms with van der Waals surface area (Å²) < 4.78 is 5.97. The van der Waals surface area contributed by atoms with E-state index < -0.39 is 0 Å². The van der Waals surface area contributed by atoms with Gasteiger partial charge in [-0.3, -0.25) is 10.1 Å². The molecule has 2 atom stereocenters. The Labute approximate surface area is 152 Å². The highest BCUT2D eigenvalue weighted by Crippen LogP contribution is 2.38. The monoisotopic (exact) mass is 366 g/mol. The Balaban J connectivity index is 1.92. The molecule has 25 heavy (non-hydrogen) atoms. The van der Waals surface area contributed by atoms with E-state index in [1.165, 1.54) is 0 Å². The second-order valence-electron chi connectivity index (χ2n) is 6.50. The maximum atomic E-state index is 11.7. The lowest BCUT2D eigenvalue weighted by molar-refractivity contribution is -0.439. The second-order valence-corrected chi connectivity index (χ2v) is 6.85. The van der Waals surface area contributed by atoms with E-state index in [0.29, 0.717) is 43.6 Å². The first-order valence-electron chi connectivity index (χ1n) is 8.64. The summed E-state index contributed by atoms with van der Waals surface area (Å²) in [6, 6.07) is 3.73. The van der Waals surface area contributed by atoms with E-state index in [1.807, 2.05) is 28.9 Å². The van der Waals surface area contributed by atoms with Crippen LogP contribution in [0.25, 0.3) is 0 Å². The average molecular weight is 367 g/mol. The van der Waals surface area contributed by atoms with E-state index in [1.54, 1.807) is 6.20 Å². The molecule has 0 amide bonds. The molecule has 7 nitrogen and oxygen atoms in total. The molecule has 1 aromatic heterocycles. The summed E-state index contributed by atoms with van der Waals surface area (Å²) in [5.41, 5.74) is 1.14. The van der Waals surface area contributed by atoms with Crippen molar-refractivity contribution in [3.8, 4) is 0 Å². The first kappa shape index (κ1) is 17.9. The van der Waals surface area contributed by atoms with Gasteiger partial charge in [0.15, 0.2) is 5.82 Å². The third-order valence-corrected chi connectivity index (χ3v) is 5.03. The Bertz CT molecular complexity index is 682. The number of ether oxygens (including phenoxy) is 1. The molecular formula is C17H23ClN4O3. The van der Waals surface area contributed by atoms with Gasteiger partial charge in [0, 0.05) is 44.4 Å². The fourth-order valence-corrected chi connectivity index (χ4v) is 3.72. The van der Waals surface area contributed by atoms with Gasteiger partial charge in [-0.2, -0.15) is 0 Å². The van der Waals surface area contributed by atoms with Gasteiger partial charge in [-0.15, -0.1) is 0 Å². The van der Waals surface area contributed by atoms with Gasteiger partial charge in [0.05, 0.1) is 10.8 Å². The van der Waals surface area contributed by atoms with Gasteiger partial charge in [0.25, 0.3) is 5.70 Å². The predicted octanol–water partition coefficient (Wildman–Crippen LogP) is 3.09. The molecule has 0 aliphatic carbocycles. The van der Waals surface area contributed by atoms with Crippen LogP contribution in [-0.4, -0.2) is 45.6 Å². The molecule has 1 fully saturated rings. The van der Waals surface area contributed by atoms with Crippen molar-refractivity contribution in [2.24, 2.45) is 5.92 Å². The fourth-order valence-electron chi connectivity index (χ4n) is 3.54. The highest BCUT2D eigenvalue weighted by molar-refractivity contribution is 6.30. The van der Waals surface area contributed by atoms with Gasteiger partial charge in [0.1, 0.15) is 11.4 Å². The molecule has 3 heterocycles. The van der Waals surface area contributed by atoms with Crippen molar-refractivity contribution in [2.45, 2.75) is 39.5 Å². The highest BCUT2D eigenvalue weighted by Gasteiger charge is 2.45. The molecule has 0 radical (unpaired) electrons. The molecule has 0 bridgehead atoms. The molecule has 8 heteroatoms. The molecule has 136 valence electrons. The minimum Gasteiger partial charge on any atom is -0.358 e. The van der Waals surface area contributed by atoms with E-state index in [2.05, 4.69) is 11.9 Å². The lowest BCUT2D eigenvalue weighted by Gasteiger charge is -2.37. The minimum absolute atomic E-state index is 0.108. The Morgan fingerprint density at radius 3 is 2.96 bits per heavy atom. The average Bonchev–Trinajstić information content (AvgIpc) is 2.98. The fraction of sp³-hybridized carbons (Fsp3) is 0.588. The zero-order valence-electron chi connectivity index (χ0n) is 14.5. The third-order valence-electron chi connectivity index (χ3n) is 4.69. The maximum absolute atomic E-state index is 11.7. The quantitative estimate of drug-likeness (QED) is 0.437. The summed E-state index contributed by atoms with van der Waals surface area (Å²) in [6.45, 7) is 6.54. The van der Waals surface area contributed by atoms with Crippen LogP contribution < -0.4 is 0 Å². The number of nitrogens with zero attached hydrogens (tertiary/aromatic N) is 4. The van der Waals surface area contributed by atoms with Crippen LogP contribution in [0, 0.1) is 16.0 Å². The molecule has 0 unspecified atom stereocenters. The third kappa shape index (κ3) is 3.57. The molecule has 2 aliphatic rings. The highest BCUT2D eigenvalue weighted by atomic mass is 35.5. The summed E-state index contributed by atoms with van der Waals surface area (Å²) in [5.74, 6) is 0.512. The zero-order valence-corrected chi connectivity index (χ0v) is 15.3. The van der Waals surface area contributed by atoms with Crippen molar-refractivity contribution in [3.63, 3.8) is 0 Å². The van der Waals surface area contributed by atoms with Gasteiger partial charge in [0.2, 0.25) is 0 Å². The smallest absolute Gasteiger partial charge is 0.289 e. The number of pyridine rings is 1. The Morgan fingerprint density at radius 2 is 2.28 bits per heavy atom. The topological polar surface area (TPSA) is 71.7 Å². The van der Waals surface area contributed by atoms with Crippen molar-refractivity contribution in [2.75, 3.05) is 19.7 Å². The van der Waals surface area contributed by atoms with Crippen LogP contribution in [0.4, 0.5) is 0 Å². The van der Waals surface area contributed by atoms with Crippen molar-refractivity contribution < 1.29 is 9.66 Å². The second kappa shape index (κ2) is 7.58. The largest absolute Gasteiger partial charge is 0.358 e. The lowest BCUT2D eigenvalue weighted by Crippen LogP contribution is -2.43. The Morgan fingerprint density at radius 1 is 1.48 bits per heavy atom. The number of nitro groups is 1. The van der Waals surface area contributed by atoms with E-state index in [9.17, 15) is 10.1 Å². The molecule has 0 aromatic carbocycles. The molecule has 2 aliphatic heterocycles. The van der Waals surface area contributed by atoms with Crippen LogP contribution >= 0.6 is 11.6 Å². The van der Waals surface area contributed by atoms with Crippen LogP contribution in [0.5, 0.6) is 0 Å². The van der Waals surface area contributed by atoms with Gasteiger partial charge < -0.3 is 14.5 Å². The van der Waals surface area contributed by atoms with Crippen LogP contribution in [0.3, 0.4) is 0 Å². The SMILES string of the molecule is CCCO[C@@H]1C[C@H](C)C([N+](=O)[O-])=C2N(Cc3cccnc3Cl)CCN21. The maximum Gasteiger partial charge on any atom is 0.289 e. The molecule has 0 spiro atoms. The summed E-state index contributed by atoms with van der Waals surface area (Å²) in [6.07, 6.45) is 3.10. The normalized spacial score (nSPS) is 23.2. The van der Waals surface area contributed by atoms with Crippen molar-refractivity contribution >= 4 is 11.6 Å². The number of hydrogen-bond donors (Lipinski definition) is 0. The Kier molecular flexibility index (Phi) is 5.44. The van der Waals surface area contributed by atoms with E-state index in [0.717, 1.165) is 12.0 Å². The molecule has 1 saturated heterocycles. The summed E-state index contributed by atoms with van der Waals surface area (Å²) in [7, 11) is 0. The van der Waals surface area contributed by atoms with Gasteiger partial charge in [-0.1, -0.05) is 31.5 Å². The summed E-state index contributed by atoms with van der Waals surface area (Å²) >= 11 is 6.18. The predicted molar refractivity (Wildman–Crippen MR) is 94.2 cm³/mol. The molecule has 0 saturated carbocycles. The molecule has 0 N–H and O–H groups in total. The van der Waals surface area contributed by atoms with Crippen LogP contribution in [0.2, 0.25) is 5.15 Å². The van der Waals surface area contributed by atoms with Gasteiger partial charge in [-0.25, -0.2) is 4.98 Å². The number of aromatic nitrogens is 1. The van der Waals surface area contributed by atoms with Crippen molar-refractivity contribution in [1.82, 2.24) is 14.8 Å². The van der Waals surface area contributed by atoms with E-state index in [-0.39, 0.29) is 22.8 Å². The van der Waals surface area contributed by atoms with Crippen LogP contribution in [0.1, 0.15) is 32.3 Å². The first-order valence-corrected chi connectivity index (χ1v) is 9.01. The van der Waals surface area contributed by atoms with Gasteiger partial charge >= 0.3 is 0 Å². The van der Waals surface area contributed by atoms with Crippen molar-refractivity contribution in [3.05, 3.63) is 50.7 Å². The van der Waals surface area contributed by atoms with Gasteiger partial charge in [-0.05, 0) is 12.5 Å². The standard InChI is InChI=1S/C17H23ClN4O3/c1-3-9-25-14-10-12(2)15(22(23)24)17-20(7-8-21(14)17)11-13-5-4-6-19-16(13)18/h4-6,12,14H,3,7-11H2,1-2H3/t12-,14+/m0/s1. The van der Waals surface area contributed by atoms with Crippen molar-refractivity contribution in [1.29, 1.82) is 0 Å². The minimum atomic E-state index is -0.244. The molecule has 3 rings (SSSR count). The zero-order chi connectivity index (χ0) is 18.0. The van der Waals surface area contributed by atoms with Crippen LogP contribution in [0.15, 0.2) is 29.8 Å². The molecule has 1 aromatic rings. The number of rotatable bonds is 6. The number of allylic oxidation sites excluding steroid dienone is 1. The van der Waals surface area contributed by atoms with Crippen LogP contribution in [-0.2, 0) is 11.3 Å². The molecular weight excluding hydrogens is 344 g/mol. The summed E-state index contributed by atoms with van der Waals surface area (Å²) in [5, 5.41) is 12.1. The van der Waals surface area contributed by atoms with E-state index >= 15 is 0 Å². The Hall–Kier alpha value is -1.86.